The maximum absolute atomic E-state index is 12.6. The van der Waals surface area contributed by atoms with Gasteiger partial charge in [0, 0.05) is 0 Å². The third kappa shape index (κ3) is 8.05. The van der Waals surface area contributed by atoms with E-state index in [1.807, 2.05) is 31.2 Å². The number of aromatic nitrogens is 2. The molecule has 174 valence electrons. The maximum atomic E-state index is 12.6. The average molecular weight is 456 g/mol. The third-order valence-corrected chi connectivity index (χ3v) is 4.91. The monoisotopic (exact) mass is 455 g/mol. The molecule has 1 amide bonds. The minimum atomic E-state index is -0.204. The number of hydrogen-bond acceptors (Lipinski definition) is 5. The molecule has 6 nitrogen and oxygen atoms in total. The van der Waals surface area contributed by atoms with Gasteiger partial charge in [0.1, 0.15) is 5.75 Å². The fourth-order valence-electron chi connectivity index (χ4n) is 3.24. The number of rotatable bonds is 9. The van der Waals surface area contributed by atoms with Crippen LogP contribution in [-0.4, -0.2) is 32.7 Å². The van der Waals surface area contributed by atoms with Crippen molar-refractivity contribution in [3.63, 3.8) is 0 Å². The van der Waals surface area contributed by atoms with E-state index >= 15 is 0 Å². The molecule has 0 saturated carbocycles. The van der Waals surface area contributed by atoms with Crippen LogP contribution in [0.25, 0.3) is 5.57 Å². The van der Waals surface area contributed by atoms with Crippen molar-refractivity contribution in [3.8, 4) is 18.6 Å². The van der Waals surface area contributed by atoms with E-state index in [0.717, 1.165) is 17.6 Å². The van der Waals surface area contributed by atoms with E-state index in [-0.39, 0.29) is 24.7 Å². The number of amides is 1. The van der Waals surface area contributed by atoms with Crippen molar-refractivity contribution >= 4 is 17.3 Å². The van der Waals surface area contributed by atoms with Crippen molar-refractivity contribution < 1.29 is 15.0 Å². The smallest absolute Gasteiger partial charge is 0.229 e. The van der Waals surface area contributed by atoms with E-state index in [1.165, 1.54) is 5.56 Å². The molecular formula is C28H29N3O3. The van der Waals surface area contributed by atoms with Crippen molar-refractivity contribution in [2.24, 2.45) is 0 Å². The molecule has 3 aromatic rings. The molecule has 0 radical (unpaired) electrons. The Bertz CT molecular complexity index is 1130. The molecule has 0 fully saturated rings. The van der Waals surface area contributed by atoms with Crippen LogP contribution in [0.15, 0.2) is 79.0 Å². The van der Waals surface area contributed by atoms with Gasteiger partial charge in [-0.3, -0.25) is 4.79 Å². The molecule has 0 aliphatic rings. The van der Waals surface area contributed by atoms with E-state index in [4.69, 9.17) is 10.1 Å². The van der Waals surface area contributed by atoms with Gasteiger partial charge >= 0.3 is 0 Å². The molecule has 0 saturated heterocycles. The van der Waals surface area contributed by atoms with Crippen LogP contribution in [0.2, 0.25) is 0 Å². The number of nitrogens with one attached hydrogen (secondary N) is 1. The Balaban J connectivity index is 0.00000199. The zero-order chi connectivity index (χ0) is 24.8. The first-order valence-corrected chi connectivity index (χ1v) is 10.8. The standard InChI is InChI=1S/C26H27N3O3.C2H2/c1-2-21(9-6-16-30)24-18-27-26(23(28-24)15-12-19-7-4-3-5-8-19)29-25(32)17-20-10-13-22(31)14-11-20;1-2/h2-11,13-14,18,30-31H,12,15-17H2,1H3,(H,27,29,32);1-2H/b9-6-,21-2+;. The number of carbonyl (C=O) groups is 1. The van der Waals surface area contributed by atoms with Crippen LogP contribution in [0.1, 0.15) is 29.4 Å². The van der Waals surface area contributed by atoms with Crippen LogP contribution in [-0.2, 0) is 24.1 Å². The molecule has 0 bridgehead atoms. The lowest BCUT2D eigenvalue weighted by molar-refractivity contribution is -0.115. The number of phenolic OH excluding ortho intramolecular Hbond substituents is 1. The number of carbonyl (C=O) groups excluding carboxylic acids is 1. The molecule has 1 heterocycles. The normalized spacial score (nSPS) is 11.0. The predicted octanol–water partition coefficient (Wildman–Crippen LogP) is 4.35. The fraction of sp³-hybridized carbons (Fsp3) is 0.179. The highest BCUT2D eigenvalue weighted by atomic mass is 16.3. The van der Waals surface area contributed by atoms with Gasteiger partial charge in [-0.15, -0.1) is 12.8 Å². The molecule has 6 heteroatoms. The fourth-order valence-corrected chi connectivity index (χ4v) is 3.24. The van der Waals surface area contributed by atoms with Crippen molar-refractivity contribution in [2.75, 3.05) is 11.9 Å². The molecule has 3 rings (SSSR count). The average Bonchev–Trinajstić information content (AvgIpc) is 2.87. The lowest BCUT2D eigenvalue weighted by Gasteiger charge is -2.12. The molecular weight excluding hydrogens is 426 g/mol. The van der Waals surface area contributed by atoms with Gasteiger partial charge in [0.05, 0.1) is 30.6 Å². The zero-order valence-electron chi connectivity index (χ0n) is 19.2. The number of benzene rings is 2. The Labute approximate surface area is 200 Å². The minimum absolute atomic E-state index is 0.0585. The first kappa shape index (κ1) is 26.0. The topological polar surface area (TPSA) is 95.3 Å². The molecule has 0 spiro atoms. The van der Waals surface area contributed by atoms with Gasteiger partial charge in [-0.2, -0.15) is 0 Å². The number of phenols is 1. The maximum Gasteiger partial charge on any atom is 0.229 e. The number of aliphatic hydroxyl groups excluding tert-OH is 1. The number of aliphatic hydroxyl groups is 1. The largest absolute Gasteiger partial charge is 0.508 e. The van der Waals surface area contributed by atoms with Gasteiger partial charge in [-0.1, -0.05) is 60.7 Å². The lowest BCUT2D eigenvalue weighted by Crippen LogP contribution is -2.18. The summed E-state index contributed by atoms with van der Waals surface area (Å²) < 4.78 is 0. The second-order valence-electron chi connectivity index (χ2n) is 7.26. The van der Waals surface area contributed by atoms with E-state index in [1.54, 1.807) is 42.6 Å². The third-order valence-electron chi connectivity index (χ3n) is 4.91. The van der Waals surface area contributed by atoms with E-state index < -0.39 is 0 Å². The Hall–Kier alpha value is -4.21. The molecule has 1 aromatic heterocycles. The minimum Gasteiger partial charge on any atom is -0.508 e. The van der Waals surface area contributed by atoms with E-state index in [9.17, 15) is 9.90 Å². The summed E-state index contributed by atoms with van der Waals surface area (Å²) in [5.74, 6) is 0.397. The SMILES string of the molecule is C#C.C/C=C(\C=C/CO)c1cnc(NC(=O)Cc2ccc(O)cc2)c(CCc2ccccc2)n1. The molecule has 0 aliphatic carbocycles. The molecule has 2 aromatic carbocycles. The van der Waals surface area contributed by atoms with Crippen LogP contribution in [0.3, 0.4) is 0 Å². The van der Waals surface area contributed by atoms with E-state index in [2.05, 4.69) is 35.3 Å². The van der Waals surface area contributed by atoms with Crippen LogP contribution in [0.4, 0.5) is 5.82 Å². The Morgan fingerprint density at radius 1 is 1.03 bits per heavy atom. The summed E-state index contributed by atoms with van der Waals surface area (Å²) >= 11 is 0. The van der Waals surface area contributed by atoms with Gasteiger partial charge in [0.2, 0.25) is 5.91 Å². The van der Waals surface area contributed by atoms with Crippen LogP contribution < -0.4 is 5.32 Å². The van der Waals surface area contributed by atoms with Gasteiger partial charge in [0.25, 0.3) is 0 Å². The molecule has 3 N–H and O–H groups in total. The Kier molecular flexibility index (Phi) is 10.8. The van der Waals surface area contributed by atoms with E-state index in [0.29, 0.717) is 23.6 Å². The Morgan fingerprint density at radius 3 is 2.38 bits per heavy atom. The van der Waals surface area contributed by atoms with Crippen molar-refractivity contribution in [2.45, 2.75) is 26.2 Å². The highest BCUT2D eigenvalue weighted by molar-refractivity contribution is 5.92. The van der Waals surface area contributed by atoms with Crippen molar-refractivity contribution in [3.05, 3.63) is 102 Å². The number of allylic oxidation sites excluding steroid dienone is 3. The van der Waals surface area contributed by atoms with Crippen LogP contribution in [0.5, 0.6) is 5.75 Å². The summed E-state index contributed by atoms with van der Waals surface area (Å²) in [5, 5.41) is 21.4. The number of hydrogen-bond donors (Lipinski definition) is 3. The number of aromatic hydroxyl groups is 1. The number of anilines is 1. The summed E-state index contributed by atoms with van der Waals surface area (Å²) in [6.45, 7) is 1.84. The number of aryl methyl sites for hydroxylation is 2. The first-order chi connectivity index (χ1) is 16.6. The summed E-state index contributed by atoms with van der Waals surface area (Å²) in [6, 6.07) is 16.6. The quantitative estimate of drug-likeness (QED) is 0.329. The highest BCUT2D eigenvalue weighted by Gasteiger charge is 2.13. The molecule has 0 unspecified atom stereocenters. The lowest BCUT2D eigenvalue weighted by atomic mass is 10.1. The number of terminal acetylenes is 1. The predicted molar refractivity (Wildman–Crippen MR) is 136 cm³/mol. The molecule has 0 aliphatic heterocycles. The summed E-state index contributed by atoms with van der Waals surface area (Å²) in [5.41, 5.74) is 4.18. The van der Waals surface area contributed by atoms with Crippen molar-refractivity contribution in [1.29, 1.82) is 0 Å². The zero-order valence-corrected chi connectivity index (χ0v) is 19.2. The highest BCUT2D eigenvalue weighted by Crippen LogP contribution is 2.20. The molecule has 0 atom stereocenters. The Morgan fingerprint density at radius 2 is 1.74 bits per heavy atom. The summed E-state index contributed by atoms with van der Waals surface area (Å²) in [7, 11) is 0. The second-order valence-corrected chi connectivity index (χ2v) is 7.26. The van der Waals surface area contributed by atoms with Gasteiger partial charge < -0.3 is 15.5 Å². The van der Waals surface area contributed by atoms with Crippen LogP contribution >= 0.6 is 0 Å². The molecule has 34 heavy (non-hydrogen) atoms. The van der Waals surface area contributed by atoms with Crippen molar-refractivity contribution in [1.82, 2.24) is 9.97 Å². The van der Waals surface area contributed by atoms with Gasteiger partial charge in [-0.05, 0) is 48.6 Å². The first-order valence-electron chi connectivity index (χ1n) is 10.8. The second kappa shape index (κ2) is 14.0. The summed E-state index contributed by atoms with van der Waals surface area (Å²) in [6.07, 6.45) is 16.5. The number of nitrogens with zero attached hydrogens (tertiary/aromatic N) is 2. The van der Waals surface area contributed by atoms with Gasteiger partial charge in [0.15, 0.2) is 5.82 Å². The summed E-state index contributed by atoms with van der Waals surface area (Å²) in [4.78, 5) is 21.9. The van der Waals surface area contributed by atoms with Crippen LogP contribution in [0, 0.1) is 12.8 Å². The van der Waals surface area contributed by atoms with Gasteiger partial charge in [-0.25, -0.2) is 9.97 Å².